The van der Waals surface area contributed by atoms with E-state index in [9.17, 15) is 14.4 Å². The van der Waals surface area contributed by atoms with Crippen molar-refractivity contribution < 1.29 is 23.9 Å². The van der Waals surface area contributed by atoms with Crippen LogP contribution in [0.1, 0.15) is 29.6 Å². The average molecular weight is 420 g/mol. The summed E-state index contributed by atoms with van der Waals surface area (Å²) in [7, 11) is 3.08. The van der Waals surface area contributed by atoms with Crippen LogP contribution in [0.5, 0.6) is 11.5 Å². The molecule has 4 atom stereocenters. The van der Waals surface area contributed by atoms with Gasteiger partial charge in [-0.3, -0.25) is 19.3 Å². The van der Waals surface area contributed by atoms with Crippen LogP contribution in [0.4, 0.5) is 11.4 Å². The molecule has 1 aliphatic heterocycles. The number of nitrogens with one attached hydrogen (secondary N) is 1. The molecule has 7 nitrogen and oxygen atoms in total. The van der Waals surface area contributed by atoms with Gasteiger partial charge in [-0.25, -0.2) is 0 Å². The Bertz CT molecular complexity index is 1040. The minimum Gasteiger partial charge on any atom is -0.497 e. The van der Waals surface area contributed by atoms with Gasteiger partial charge in [-0.05, 0) is 67.5 Å². The highest BCUT2D eigenvalue weighted by molar-refractivity contribution is 6.22. The van der Waals surface area contributed by atoms with Crippen LogP contribution in [-0.4, -0.2) is 31.9 Å². The third kappa shape index (κ3) is 3.07. The molecule has 5 rings (SSSR count). The molecular formula is C24H24N2O5. The lowest BCUT2D eigenvalue weighted by Crippen LogP contribution is -2.32. The van der Waals surface area contributed by atoms with E-state index in [-0.39, 0.29) is 29.6 Å². The summed E-state index contributed by atoms with van der Waals surface area (Å²) >= 11 is 0. The molecule has 0 aromatic heterocycles. The number of carbonyl (C=O) groups excluding carboxylic acids is 3. The standard InChI is InChI=1S/C24H24N2O5/c1-30-17-9-10-18(19(12-17)31-2)25-22(27)13-5-7-16(8-6-13)26-23(28)20-14-3-4-15(11-14)21(20)24(26)29/h5-10,12,14-15,20-21H,3-4,11H2,1-2H3,(H,25,27)/t14-,15+,20-,21-/m0/s1. The van der Waals surface area contributed by atoms with E-state index in [1.807, 2.05) is 0 Å². The topological polar surface area (TPSA) is 84.9 Å². The van der Waals surface area contributed by atoms with E-state index in [2.05, 4.69) is 5.32 Å². The number of rotatable bonds is 5. The lowest BCUT2D eigenvalue weighted by molar-refractivity contribution is -0.123. The van der Waals surface area contributed by atoms with E-state index in [0.717, 1.165) is 19.3 Å². The van der Waals surface area contributed by atoms with Crippen molar-refractivity contribution in [2.24, 2.45) is 23.7 Å². The number of imide groups is 1. The first-order valence-corrected chi connectivity index (χ1v) is 10.5. The van der Waals surface area contributed by atoms with Crippen LogP contribution in [0.15, 0.2) is 42.5 Å². The third-order valence-corrected chi connectivity index (χ3v) is 6.97. The molecule has 2 saturated carbocycles. The SMILES string of the molecule is COc1ccc(NC(=O)c2ccc(N3C(=O)[C@H]4[C@@H]5CC[C@@H](C5)[C@@H]4C3=O)cc2)c(OC)c1. The number of fused-ring (bicyclic) bond motifs is 5. The summed E-state index contributed by atoms with van der Waals surface area (Å²) in [6.45, 7) is 0. The molecule has 2 aromatic rings. The summed E-state index contributed by atoms with van der Waals surface area (Å²) in [4.78, 5) is 40.0. The molecule has 1 saturated heterocycles. The number of hydrogen-bond acceptors (Lipinski definition) is 5. The number of methoxy groups -OCH3 is 2. The summed E-state index contributed by atoms with van der Waals surface area (Å²) in [6, 6.07) is 11.7. The molecule has 1 heterocycles. The molecule has 160 valence electrons. The van der Waals surface area contributed by atoms with Gasteiger partial charge >= 0.3 is 0 Å². The second-order valence-electron chi connectivity index (χ2n) is 8.46. The van der Waals surface area contributed by atoms with E-state index in [0.29, 0.717) is 40.3 Å². The van der Waals surface area contributed by atoms with Gasteiger partial charge in [0.25, 0.3) is 5.91 Å². The highest BCUT2D eigenvalue weighted by Crippen LogP contribution is 2.56. The van der Waals surface area contributed by atoms with Crippen molar-refractivity contribution in [2.45, 2.75) is 19.3 Å². The summed E-state index contributed by atoms with van der Waals surface area (Å²) < 4.78 is 10.5. The Morgan fingerprint density at radius 3 is 2.16 bits per heavy atom. The van der Waals surface area contributed by atoms with Gasteiger partial charge in [0, 0.05) is 11.6 Å². The van der Waals surface area contributed by atoms with Gasteiger partial charge in [-0.2, -0.15) is 0 Å². The maximum Gasteiger partial charge on any atom is 0.255 e. The Morgan fingerprint density at radius 2 is 1.58 bits per heavy atom. The van der Waals surface area contributed by atoms with E-state index in [4.69, 9.17) is 9.47 Å². The van der Waals surface area contributed by atoms with Crippen molar-refractivity contribution in [1.29, 1.82) is 0 Å². The molecule has 3 aliphatic rings. The molecule has 3 amide bonds. The van der Waals surface area contributed by atoms with E-state index in [1.165, 1.54) is 12.0 Å². The zero-order chi connectivity index (χ0) is 21.7. The van der Waals surface area contributed by atoms with Crippen molar-refractivity contribution in [3.05, 3.63) is 48.0 Å². The Kier molecular flexibility index (Phi) is 4.68. The van der Waals surface area contributed by atoms with Crippen LogP contribution in [-0.2, 0) is 9.59 Å². The predicted molar refractivity (Wildman–Crippen MR) is 114 cm³/mol. The van der Waals surface area contributed by atoms with Gasteiger partial charge in [-0.15, -0.1) is 0 Å². The van der Waals surface area contributed by atoms with Crippen LogP contribution in [0.2, 0.25) is 0 Å². The van der Waals surface area contributed by atoms with Crippen molar-refractivity contribution in [2.75, 3.05) is 24.4 Å². The summed E-state index contributed by atoms with van der Waals surface area (Å²) in [5.41, 5.74) is 1.47. The van der Waals surface area contributed by atoms with Gasteiger partial charge in [0.2, 0.25) is 11.8 Å². The Hall–Kier alpha value is -3.35. The van der Waals surface area contributed by atoms with E-state index in [1.54, 1.807) is 49.6 Å². The molecule has 0 unspecified atom stereocenters. The number of nitrogens with zero attached hydrogens (tertiary/aromatic N) is 1. The number of benzene rings is 2. The Labute approximate surface area is 180 Å². The van der Waals surface area contributed by atoms with Crippen LogP contribution in [0, 0.1) is 23.7 Å². The number of hydrogen-bond donors (Lipinski definition) is 1. The minimum atomic E-state index is -0.316. The summed E-state index contributed by atoms with van der Waals surface area (Å²) in [6.07, 6.45) is 3.10. The van der Waals surface area contributed by atoms with Crippen LogP contribution < -0.4 is 19.7 Å². The van der Waals surface area contributed by atoms with Gasteiger partial charge < -0.3 is 14.8 Å². The summed E-state index contributed by atoms with van der Waals surface area (Å²) in [5.74, 6) is 1.01. The molecular weight excluding hydrogens is 396 g/mol. The fraction of sp³-hybridized carbons (Fsp3) is 0.375. The van der Waals surface area contributed by atoms with E-state index >= 15 is 0 Å². The fourth-order valence-electron chi connectivity index (χ4n) is 5.52. The van der Waals surface area contributed by atoms with Crippen molar-refractivity contribution in [3.8, 4) is 11.5 Å². The fourth-order valence-corrected chi connectivity index (χ4v) is 5.52. The van der Waals surface area contributed by atoms with Crippen LogP contribution in [0.3, 0.4) is 0 Å². The van der Waals surface area contributed by atoms with Gasteiger partial charge in [0.05, 0.1) is 37.4 Å². The second kappa shape index (κ2) is 7.41. The smallest absolute Gasteiger partial charge is 0.255 e. The van der Waals surface area contributed by atoms with Gasteiger partial charge in [0.1, 0.15) is 11.5 Å². The average Bonchev–Trinajstić information content (AvgIpc) is 3.48. The molecule has 1 N–H and O–H groups in total. The summed E-state index contributed by atoms with van der Waals surface area (Å²) in [5, 5.41) is 2.82. The molecule has 31 heavy (non-hydrogen) atoms. The van der Waals surface area contributed by atoms with E-state index < -0.39 is 0 Å². The van der Waals surface area contributed by atoms with Crippen LogP contribution >= 0.6 is 0 Å². The van der Waals surface area contributed by atoms with Gasteiger partial charge in [-0.1, -0.05) is 0 Å². The van der Waals surface area contributed by atoms with Crippen molar-refractivity contribution in [1.82, 2.24) is 0 Å². The second-order valence-corrected chi connectivity index (χ2v) is 8.46. The third-order valence-electron chi connectivity index (χ3n) is 6.97. The molecule has 2 bridgehead atoms. The maximum atomic E-state index is 13.0. The number of amides is 3. The largest absolute Gasteiger partial charge is 0.497 e. The first-order valence-electron chi connectivity index (χ1n) is 10.5. The molecule has 2 aliphatic carbocycles. The molecule has 7 heteroatoms. The molecule has 0 radical (unpaired) electrons. The highest BCUT2D eigenvalue weighted by Gasteiger charge is 2.61. The number of carbonyl (C=O) groups is 3. The normalized spacial score (nSPS) is 26.2. The maximum absolute atomic E-state index is 13.0. The molecule has 2 aromatic carbocycles. The first-order chi connectivity index (χ1) is 15.0. The lowest BCUT2D eigenvalue weighted by Gasteiger charge is -2.19. The minimum absolute atomic E-state index is 0.0811. The Morgan fingerprint density at radius 1 is 0.935 bits per heavy atom. The highest BCUT2D eigenvalue weighted by atomic mass is 16.5. The zero-order valence-electron chi connectivity index (χ0n) is 17.5. The predicted octanol–water partition coefficient (Wildman–Crippen LogP) is 3.49. The van der Waals surface area contributed by atoms with Gasteiger partial charge in [0.15, 0.2) is 0 Å². The number of anilines is 2. The number of ether oxygens (including phenoxy) is 2. The van der Waals surface area contributed by atoms with Crippen molar-refractivity contribution >= 4 is 29.1 Å². The monoisotopic (exact) mass is 420 g/mol. The molecule has 0 spiro atoms. The first kappa shape index (κ1) is 19.6. The quantitative estimate of drug-likeness (QED) is 0.749. The zero-order valence-corrected chi connectivity index (χ0v) is 17.5. The van der Waals surface area contributed by atoms with Crippen LogP contribution in [0.25, 0.3) is 0 Å². The molecule has 3 fully saturated rings. The van der Waals surface area contributed by atoms with Crippen molar-refractivity contribution in [3.63, 3.8) is 0 Å². The Balaban J connectivity index is 1.33. The lowest BCUT2D eigenvalue weighted by atomic mass is 9.81.